The highest BCUT2D eigenvalue weighted by molar-refractivity contribution is 5.43. The normalized spacial score (nSPS) is 19.7. The zero-order valence-corrected chi connectivity index (χ0v) is 13.2. The molecule has 1 fully saturated rings. The fourth-order valence-electron chi connectivity index (χ4n) is 2.93. The third-order valence-electron chi connectivity index (χ3n) is 4.29. The lowest BCUT2D eigenvalue weighted by Gasteiger charge is -2.10. The minimum absolute atomic E-state index is 0.627. The summed E-state index contributed by atoms with van der Waals surface area (Å²) < 4.78 is 10.6. The Morgan fingerprint density at radius 2 is 1.77 bits per heavy atom. The third-order valence-corrected chi connectivity index (χ3v) is 4.29. The van der Waals surface area contributed by atoms with Crippen LogP contribution in [0.3, 0.4) is 0 Å². The summed E-state index contributed by atoms with van der Waals surface area (Å²) in [5, 5.41) is 3.65. The standard InChI is InChI=1S/C19H23NO2/c1-21-18-9-8-14(12-19(18)22-2)10-11-20-17-13-16(17)15-6-4-3-5-7-15/h3-9,12,16-17,20H,10-11,13H2,1-2H3/t16-,17+/m0/s1. The predicted octanol–water partition coefficient (Wildman–Crippen LogP) is 3.39. The fraction of sp³-hybridized carbons (Fsp3) is 0.368. The van der Waals surface area contributed by atoms with Crippen LogP contribution in [0.15, 0.2) is 48.5 Å². The first-order chi connectivity index (χ1) is 10.8. The summed E-state index contributed by atoms with van der Waals surface area (Å²) in [6.07, 6.45) is 2.24. The van der Waals surface area contributed by atoms with Crippen LogP contribution in [0.25, 0.3) is 0 Å². The molecule has 2 aromatic carbocycles. The van der Waals surface area contributed by atoms with Gasteiger partial charge in [-0.25, -0.2) is 0 Å². The van der Waals surface area contributed by atoms with E-state index in [0.29, 0.717) is 12.0 Å². The summed E-state index contributed by atoms with van der Waals surface area (Å²) in [5.74, 6) is 2.27. The van der Waals surface area contributed by atoms with Gasteiger partial charge in [0, 0.05) is 12.0 Å². The molecule has 0 unspecified atom stereocenters. The van der Waals surface area contributed by atoms with Gasteiger partial charge >= 0.3 is 0 Å². The average molecular weight is 297 g/mol. The van der Waals surface area contributed by atoms with E-state index >= 15 is 0 Å². The Morgan fingerprint density at radius 3 is 2.50 bits per heavy atom. The van der Waals surface area contributed by atoms with Gasteiger partial charge in [0.2, 0.25) is 0 Å². The molecule has 3 nitrogen and oxygen atoms in total. The zero-order valence-electron chi connectivity index (χ0n) is 13.2. The van der Waals surface area contributed by atoms with E-state index in [1.165, 1.54) is 17.5 Å². The third kappa shape index (κ3) is 3.42. The largest absolute Gasteiger partial charge is 0.493 e. The van der Waals surface area contributed by atoms with Crippen LogP contribution < -0.4 is 14.8 Å². The molecule has 1 N–H and O–H groups in total. The van der Waals surface area contributed by atoms with Crippen molar-refractivity contribution in [1.29, 1.82) is 0 Å². The molecule has 0 bridgehead atoms. The van der Waals surface area contributed by atoms with Crippen molar-refractivity contribution in [2.45, 2.75) is 24.8 Å². The number of hydrogen-bond acceptors (Lipinski definition) is 3. The maximum absolute atomic E-state index is 5.35. The summed E-state index contributed by atoms with van der Waals surface area (Å²) in [6, 6.07) is 17.5. The maximum atomic E-state index is 5.35. The molecule has 2 atom stereocenters. The van der Waals surface area contributed by atoms with Crippen molar-refractivity contribution in [3.8, 4) is 11.5 Å². The first-order valence-corrected chi connectivity index (χ1v) is 7.81. The van der Waals surface area contributed by atoms with Crippen LogP contribution in [0.1, 0.15) is 23.5 Å². The fourth-order valence-corrected chi connectivity index (χ4v) is 2.93. The van der Waals surface area contributed by atoms with Crippen molar-refractivity contribution in [1.82, 2.24) is 5.32 Å². The van der Waals surface area contributed by atoms with E-state index < -0.39 is 0 Å². The molecule has 1 aliphatic rings. The molecule has 116 valence electrons. The van der Waals surface area contributed by atoms with Gasteiger partial charge in [0.25, 0.3) is 0 Å². The molecule has 0 amide bonds. The summed E-state index contributed by atoms with van der Waals surface area (Å²) in [6.45, 7) is 0.990. The smallest absolute Gasteiger partial charge is 0.160 e. The Hall–Kier alpha value is -2.00. The molecule has 0 spiro atoms. The predicted molar refractivity (Wildman–Crippen MR) is 88.8 cm³/mol. The van der Waals surface area contributed by atoms with Crippen LogP contribution >= 0.6 is 0 Å². The van der Waals surface area contributed by atoms with Crippen molar-refractivity contribution in [2.75, 3.05) is 20.8 Å². The first kappa shape index (κ1) is 14.9. The van der Waals surface area contributed by atoms with Gasteiger partial charge in [-0.1, -0.05) is 36.4 Å². The molecule has 3 heteroatoms. The Balaban J connectivity index is 1.48. The molecule has 22 heavy (non-hydrogen) atoms. The van der Waals surface area contributed by atoms with Gasteiger partial charge < -0.3 is 14.8 Å². The van der Waals surface area contributed by atoms with Crippen LogP contribution in [0, 0.1) is 0 Å². The maximum Gasteiger partial charge on any atom is 0.160 e. The highest BCUT2D eigenvalue weighted by Crippen LogP contribution is 2.40. The quantitative estimate of drug-likeness (QED) is 0.849. The molecular weight excluding hydrogens is 274 g/mol. The lowest BCUT2D eigenvalue weighted by Crippen LogP contribution is -2.20. The van der Waals surface area contributed by atoms with Gasteiger partial charge in [-0.05, 0) is 42.6 Å². The highest BCUT2D eigenvalue weighted by Gasteiger charge is 2.37. The van der Waals surface area contributed by atoms with Gasteiger partial charge in [0.05, 0.1) is 14.2 Å². The molecule has 1 aliphatic carbocycles. The van der Waals surface area contributed by atoms with E-state index in [1.54, 1.807) is 14.2 Å². The lowest BCUT2D eigenvalue weighted by molar-refractivity contribution is 0.354. The topological polar surface area (TPSA) is 30.5 Å². The van der Waals surface area contributed by atoms with Crippen molar-refractivity contribution in [2.24, 2.45) is 0 Å². The summed E-state index contributed by atoms with van der Waals surface area (Å²) >= 11 is 0. The molecule has 0 aromatic heterocycles. The highest BCUT2D eigenvalue weighted by atomic mass is 16.5. The van der Waals surface area contributed by atoms with Crippen molar-refractivity contribution in [3.05, 3.63) is 59.7 Å². The molecule has 0 saturated heterocycles. The van der Waals surface area contributed by atoms with Crippen LogP contribution in [0.4, 0.5) is 0 Å². The molecule has 0 heterocycles. The Bertz CT molecular complexity index is 612. The Kier molecular flexibility index (Phi) is 4.64. The molecule has 3 rings (SSSR count). The van der Waals surface area contributed by atoms with Crippen LogP contribution in [-0.2, 0) is 6.42 Å². The van der Waals surface area contributed by atoms with E-state index in [2.05, 4.69) is 47.8 Å². The zero-order chi connectivity index (χ0) is 15.4. The van der Waals surface area contributed by atoms with E-state index in [9.17, 15) is 0 Å². The van der Waals surface area contributed by atoms with Gasteiger partial charge in [-0.2, -0.15) is 0 Å². The number of ether oxygens (including phenoxy) is 2. The number of rotatable bonds is 7. The Labute approximate surface area is 132 Å². The van der Waals surface area contributed by atoms with Gasteiger partial charge in [0.15, 0.2) is 11.5 Å². The van der Waals surface area contributed by atoms with E-state index in [-0.39, 0.29) is 0 Å². The molecule has 0 radical (unpaired) electrons. The SMILES string of the molecule is COc1ccc(CCN[C@@H]2C[C@H]2c2ccccc2)cc1OC. The molecular formula is C19H23NO2. The second-order valence-electron chi connectivity index (χ2n) is 5.75. The molecule has 1 saturated carbocycles. The van der Waals surface area contributed by atoms with Crippen molar-refractivity contribution >= 4 is 0 Å². The average Bonchev–Trinajstić information content (AvgIpc) is 3.35. The van der Waals surface area contributed by atoms with Gasteiger partial charge in [-0.15, -0.1) is 0 Å². The van der Waals surface area contributed by atoms with E-state index in [0.717, 1.165) is 24.5 Å². The number of nitrogens with one attached hydrogen (secondary N) is 1. The number of methoxy groups -OCH3 is 2. The molecule has 0 aliphatic heterocycles. The second kappa shape index (κ2) is 6.84. The van der Waals surface area contributed by atoms with Crippen LogP contribution in [0.2, 0.25) is 0 Å². The minimum Gasteiger partial charge on any atom is -0.493 e. The minimum atomic E-state index is 0.627. The monoisotopic (exact) mass is 297 g/mol. The van der Waals surface area contributed by atoms with E-state index in [1.807, 2.05) is 6.07 Å². The number of hydrogen-bond donors (Lipinski definition) is 1. The van der Waals surface area contributed by atoms with E-state index in [4.69, 9.17) is 9.47 Å². The summed E-state index contributed by atoms with van der Waals surface area (Å²) in [4.78, 5) is 0. The van der Waals surface area contributed by atoms with Crippen molar-refractivity contribution in [3.63, 3.8) is 0 Å². The van der Waals surface area contributed by atoms with Crippen LogP contribution in [-0.4, -0.2) is 26.8 Å². The second-order valence-corrected chi connectivity index (χ2v) is 5.75. The Morgan fingerprint density at radius 1 is 1.00 bits per heavy atom. The lowest BCUT2D eigenvalue weighted by atomic mass is 10.1. The van der Waals surface area contributed by atoms with Crippen molar-refractivity contribution < 1.29 is 9.47 Å². The molecule has 2 aromatic rings. The summed E-state index contributed by atoms with van der Waals surface area (Å²) in [7, 11) is 3.34. The van der Waals surface area contributed by atoms with Crippen LogP contribution in [0.5, 0.6) is 11.5 Å². The number of benzene rings is 2. The summed E-state index contributed by atoms with van der Waals surface area (Å²) in [5.41, 5.74) is 2.72. The van der Waals surface area contributed by atoms with Gasteiger partial charge in [-0.3, -0.25) is 0 Å². The first-order valence-electron chi connectivity index (χ1n) is 7.81. The van der Waals surface area contributed by atoms with Gasteiger partial charge in [0.1, 0.15) is 0 Å².